The van der Waals surface area contributed by atoms with E-state index in [1.165, 1.54) is 6.07 Å². The van der Waals surface area contributed by atoms with Gasteiger partial charge >= 0.3 is 0 Å². The number of benzene rings is 2. The number of nitrogens with zero attached hydrogens (tertiary/aromatic N) is 2. The molecule has 0 N–H and O–H groups in total. The summed E-state index contributed by atoms with van der Waals surface area (Å²) in [4.78, 5) is 17.8. The minimum atomic E-state index is -0.309. The molecule has 1 aromatic heterocycles. The summed E-state index contributed by atoms with van der Waals surface area (Å²) in [6, 6.07) is 18.7. The summed E-state index contributed by atoms with van der Waals surface area (Å²) in [7, 11) is 3.95. The molecule has 110 valence electrons. The Morgan fingerprint density at radius 2 is 1.59 bits per heavy atom. The third-order valence-corrected chi connectivity index (χ3v) is 3.36. The topological polar surface area (TPSA) is 46.3 Å². The van der Waals surface area contributed by atoms with Gasteiger partial charge in [0.15, 0.2) is 0 Å². The molecule has 4 nitrogen and oxygen atoms in total. The second kappa shape index (κ2) is 5.85. The normalized spacial score (nSPS) is 10.5. The van der Waals surface area contributed by atoms with Crippen molar-refractivity contribution < 1.29 is 4.42 Å². The Morgan fingerprint density at radius 1 is 0.909 bits per heavy atom. The predicted octanol–water partition coefficient (Wildman–Crippen LogP) is 3.43. The molecule has 4 heteroatoms. The summed E-state index contributed by atoms with van der Waals surface area (Å²) in [5.74, 6) is 0.851. The van der Waals surface area contributed by atoms with Crippen molar-refractivity contribution in [1.82, 2.24) is 4.98 Å². The van der Waals surface area contributed by atoms with Gasteiger partial charge in [0.2, 0.25) is 5.89 Å². The van der Waals surface area contributed by atoms with Gasteiger partial charge in [-0.1, -0.05) is 30.3 Å². The third kappa shape index (κ3) is 2.91. The lowest BCUT2D eigenvalue weighted by atomic mass is 10.1. The number of rotatable bonds is 3. The van der Waals surface area contributed by atoms with Crippen LogP contribution in [0.3, 0.4) is 0 Å². The number of aromatic nitrogens is 1. The highest BCUT2D eigenvalue weighted by Gasteiger charge is 2.08. The molecule has 0 saturated heterocycles. The van der Waals surface area contributed by atoms with Crippen LogP contribution in [0.2, 0.25) is 0 Å². The lowest BCUT2D eigenvalue weighted by Crippen LogP contribution is -2.08. The second-order valence-corrected chi connectivity index (χ2v) is 5.17. The van der Waals surface area contributed by atoms with Crippen LogP contribution in [-0.2, 0) is 0 Å². The lowest BCUT2D eigenvalue weighted by Gasteiger charge is -2.12. The lowest BCUT2D eigenvalue weighted by molar-refractivity contribution is 0.557. The molecule has 0 atom stereocenters. The van der Waals surface area contributed by atoms with Gasteiger partial charge < -0.3 is 9.32 Å². The van der Waals surface area contributed by atoms with E-state index in [0.717, 1.165) is 16.8 Å². The van der Waals surface area contributed by atoms with E-state index in [9.17, 15) is 4.79 Å². The maximum Gasteiger partial charge on any atom is 0.276 e. The molecule has 3 rings (SSSR count). The van der Waals surface area contributed by atoms with Crippen molar-refractivity contribution in [2.75, 3.05) is 19.0 Å². The molecule has 1 heterocycles. The number of anilines is 1. The molecule has 0 saturated carbocycles. The summed E-state index contributed by atoms with van der Waals surface area (Å²) in [6.45, 7) is 0. The maximum atomic E-state index is 11.9. The zero-order chi connectivity index (χ0) is 15.5. The quantitative estimate of drug-likeness (QED) is 0.742. The first-order valence-corrected chi connectivity index (χ1v) is 6.99. The Balaban J connectivity index is 2.04. The number of hydrogen-bond acceptors (Lipinski definition) is 4. The van der Waals surface area contributed by atoms with Crippen LogP contribution in [0.1, 0.15) is 0 Å². The van der Waals surface area contributed by atoms with Gasteiger partial charge in [0, 0.05) is 37.0 Å². The van der Waals surface area contributed by atoms with Crippen LogP contribution in [0.25, 0.3) is 22.8 Å². The summed E-state index contributed by atoms with van der Waals surface area (Å²) < 4.78 is 5.81. The molecule has 0 amide bonds. The SMILES string of the molecule is CN(C)c1ccc(-c2nc(=O)cc(-c3ccccc3)o2)cc1. The van der Waals surface area contributed by atoms with Crippen molar-refractivity contribution in [2.45, 2.75) is 0 Å². The Labute approximate surface area is 128 Å². The smallest absolute Gasteiger partial charge is 0.276 e. The number of hydrogen-bond donors (Lipinski definition) is 0. The van der Waals surface area contributed by atoms with Crippen LogP contribution in [0.5, 0.6) is 0 Å². The van der Waals surface area contributed by atoms with Crippen LogP contribution in [-0.4, -0.2) is 19.1 Å². The van der Waals surface area contributed by atoms with Crippen LogP contribution in [0.4, 0.5) is 5.69 Å². The van der Waals surface area contributed by atoms with Crippen LogP contribution >= 0.6 is 0 Å². The maximum absolute atomic E-state index is 11.9. The monoisotopic (exact) mass is 292 g/mol. The summed E-state index contributed by atoms with van der Waals surface area (Å²) in [6.07, 6.45) is 0. The molecular formula is C18H16N2O2. The standard InChI is InChI=1S/C18H16N2O2/c1-20(2)15-10-8-14(9-11-15)18-19-17(21)12-16(22-18)13-6-4-3-5-7-13/h3-12H,1-2H3. The Morgan fingerprint density at radius 3 is 2.23 bits per heavy atom. The van der Waals surface area contributed by atoms with E-state index in [1.807, 2.05) is 73.6 Å². The van der Waals surface area contributed by atoms with Crippen molar-refractivity contribution in [2.24, 2.45) is 0 Å². The van der Waals surface area contributed by atoms with Crippen molar-refractivity contribution in [3.8, 4) is 22.8 Å². The molecule has 0 radical (unpaired) electrons. The highest BCUT2D eigenvalue weighted by molar-refractivity contribution is 5.62. The molecule has 0 bridgehead atoms. The van der Waals surface area contributed by atoms with Gasteiger partial charge in [-0.05, 0) is 24.3 Å². The van der Waals surface area contributed by atoms with Crippen LogP contribution in [0, 0.1) is 0 Å². The van der Waals surface area contributed by atoms with E-state index in [1.54, 1.807) is 0 Å². The highest BCUT2D eigenvalue weighted by atomic mass is 16.3. The first-order valence-electron chi connectivity index (χ1n) is 6.99. The van der Waals surface area contributed by atoms with Crippen LogP contribution < -0.4 is 10.5 Å². The van der Waals surface area contributed by atoms with E-state index in [2.05, 4.69) is 4.98 Å². The Kier molecular flexibility index (Phi) is 3.74. The van der Waals surface area contributed by atoms with Crippen LogP contribution in [0.15, 0.2) is 69.9 Å². The Bertz CT molecular complexity index is 822. The molecule has 3 aromatic rings. The van der Waals surface area contributed by atoms with E-state index >= 15 is 0 Å². The van der Waals surface area contributed by atoms with Gasteiger partial charge in [0.05, 0.1) is 0 Å². The largest absolute Gasteiger partial charge is 0.437 e. The van der Waals surface area contributed by atoms with E-state index in [4.69, 9.17) is 4.42 Å². The van der Waals surface area contributed by atoms with E-state index in [0.29, 0.717) is 11.7 Å². The molecule has 0 fully saturated rings. The third-order valence-electron chi connectivity index (χ3n) is 3.36. The van der Waals surface area contributed by atoms with Gasteiger partial charge in [0.1, 0.15) is 5.76 Å². The molecule has 22 heavy (non-hydrogen) atoms. The van der Waals surface area contributed by atoms with Gasteiger partial charge in [-0.25, -0.2) is 0 Å². The summed E-state index contributed by atoms with van der Waals surface area (Å²) in [5, 5.41) is 0. The van der Waals surface area contributed by atoms with Gasteiger partial charge in [-0.3, -0.25) is 4.79 Å². The summed E-state index contributed by atoms with van der Waals surface area (Å²) in [5.41, 5.74) is 2.40. The molecule has 0 spiro atoms. The fraction of sp³-hybridized carbons (Fsp3) is 0.111. The Hall–Kier alpha value is -2.88. The van der Waals surface area contributed by atoms with Crippen molar-refractivity contribution in [3.63, 3.8) is 0 Å². The average molecular weight is 292 g/mol. The fourth-order valence-electron chi connectivity index (χ4n) is 2.17. The van der Waals surface area contributed by atoms with Crippen molar-refractivity contribution in [1.29, 1.82) is 0 Å². The molecule has 0 aliphatic rings. The van der Waals surface area contributed by atoms with Gasteiger partial charge in [0.25, 0.3) is 5.56 Å². The van der Waals surface area contributed by atoms with Gasteiger partial charge in [-0.15, -0.1) is 0 Å². The average Bonchev–Trinajstić information content (AvgIpc) is 2.55. The van der Waals surface area contributed by atoms with E-state index in [-0.39, 0.29) is 5.56 Å². The highest BCUT2D eigenvalue weighted by Crippen LogP contribution is 2.24. The first kappa shape index (κ1) is 14.1. The summed E-state index contributed by atoms with van der Waals surface area (Å²) >= 11 is 0. The zero-order valence-corrected chi connectivity index (χ0v) is 12.5. The molecule has 2 aromatic carbocycles. The minimum Gasteiger partial charge on any atom is -0.437 e. The molecule has 0 unspecified atom stereocenters. The minimum absolute atomic E-state index is 0.309. The second-order valence-electron chi connectivity index (χ2n) is 5.17. The van der Waals surface area contributed by atoms with Crippen molar-refractivity contribution in [3.05, 3.63) is 71.0 Å². The zero-order valence-electron chi connectivity index (χ0n) is 12.5. The van der Waals surface area contributed by atoms with Gasteiger partial charge in [-0.2, -0.15) is 4.98 Å². The van der Waals surface area contributed by atoms with E-state index < -0.39 is 0 Å². The molecular weight excluding hydrogens is 276 g/mol. The fourth-order valence-corrected chi connectivity index (χ4v) is 2.17. The molecule has 0 aliphatic heterocycles. The first-order chi connectivity index (χ1) is 10.6. The predicted molar refractivity (Wildman–Crippen MR) is 88.0 cm³/mol. The van der Waals surface area contributed by atoms with Crippen molar-refractivity contribution >= 4 is 5.69 Å². The molecule has 0 aliphatic carbocycles.